The number of nitro benzene ring substituents is 1. The van der Waals surface area contributed by atoms with Crippen LogP contribution in [0.15, 0.2) is 18.2 Å². The van der Waals surface area contributed by atoms with E-state index in [1.54, 1.807) is 12.1 Å². The van der Waals surface area contributed by atoms with E-state index in [0.717, 1.165) is 23.6 Å². The SMILES string of the molecule is Cc1c(NC2CC(C)CCC2C(C)C)cccc1[N+](=O)[O-]. The molecule has 2 rings (SSSR count). The second-order valence-corrected chi connectivity index (χ2v) is 6.78. The van der Waals surface area contributed by atoms with Gasteiger partial charge < -0.3 is 5.32 Å². The van der Waals surface area contributed by atoms with Crippen molar-refractivity contribution in [1.29, 1.82) is 0 Å². The zero-order chi connectivity index (χ0) is 15.6. The molecule has 0 heterocycles. The van der Waals surface area contributed by atoms with Crippen LogP contribution in [0, 0.1) is 34.8 Å². The first kappa shape index (κ1) is 15.8. The van der Waals surface area contributed by atoms with Crippen LogP contribution in [0.25, 0.3) is 0 Å². The van der Waals surface area contributed by atoms with Gasteiger partial charge in [0.1, 0.15) is 0 Å². The van der Waals surface area contributed by atoms with Gasteiger partial charge >= 0.3 is 0 Å². The van der Waals surface area contributed by atoms with Crippen molar-refractivity contribution in [2.45, 2.75) is 53.0 Å². The monoisotopic (exact) mass is 290 g/mol. The summed E-state index contributed by atoms with van der Waals surface area (Å²) < 4.78 is 0. The molecular formula is C17H26N2O2. The van der Waals surface area contributed by atoms with E-state index in [2.05, 4.69) is 26.1 Å². The number of hydrogen-bond acceptors (Lipinski definition) is 3. The van der Waals surface area contributed by atoms with Gasteiger partial charge in [-0.15, -0.1) is 0 Å². The van der Waals surface area contributed by atoms with E-state index in [1.165, 1.54) is 12.8 Å². The van der Waals surface area contributed by atoms with Crippen LogP contribution in [-0.4, -0.2) is 11.0 Å². The molecular weight excluding hydrogens is 264 g/mol. The van der Waals surface area contributed by atoms with Crippen LogP contribution in [0.3, 0.4) is 0 Å². The average molecular weight is 290 g/mol. The molecule has 116 valence electrons. The molecule has 1 aromatic carbocycles. The number of hydrogen-bond donors (Lipinski definition) is 1. The van der Waals surface area contributed by atoms with E-state index in [1.807, 2.05) is 13.0 Å². The van der Waals surface area contributed by atoms with Crippen molar-refractivity contribution in [1.82, 2.24) is 0 Å². The maximum Gasteiger partial charge on any atom is 0.274 e. The van der Waals surface area contributed by atoms with Gasteiger partial charge in [0.2, 0.25) is 0 Å². The molecule has 0 aromatic heterocycles. The molecule has 1 aliphatic rings. The van der Waals surface area contributed by atoms with Gasteiger partial charge in [-0.25, -0.2) is 0 Å². The van der Waals surface area contributed by atoms with Crippen LogP contribution in [0.1, 0.15) is 45.6 Å². The third-order valence-corrected chi connectivity index (χ3v) is 4.87. The highest BCUT2D eigenvalue weighted by molar-refractivity contribution is 5.60. The molecule has 0 bridgehead atoms. The Morgan fingerprint density at radius 2 is 2.05 bits per heavy atom. The summed E-state index contributed by atoms with van der Waals surface area (Å²) in [4.78, 5) is 10.8. The van der Waals surface area contributed by atoms with Crippen molar-refractivity contribution in [3.8, 4) is 0 Å². The molecule has 1 saturated carbocycles. The maximum atomic E-state index is 11.1. The first-order valence-electron chi connectivity index (χ1n) is 7.90. The fraction of sp³-hybridized carbons (Fsp3) is 0.647. The van der Waals surface area contributed by atoms with Crippen molar-refractivity contribution in [2.24, 2.45) is 17.8 Å². The molecule has 1 fully saturated rings. The van der Waals surface area contributed by atoms with Crippen molar-refractivity contribution in [2.75, 3.05) is 5.32 Å². The van der Waals surface area contributed by atoms with E-state index in [0.29, 0.717) is 17.9 Å². The highest BCUT2D eigenvalue weighted by Crippen LogP contribution is 2.36. The zero-order valence-electron chi connectivity index (χ0n) is 13.4. The summed E-state index contributed by atoms with van der Waals surface area (Å²) in [5.74, 6) is 1.99. The van der Waals surface area contributed by atoms with Gasteiger partial charge in [0.25, 0.3) is 5.69 Å². The Labute approximate surface area is 127 Å². The molecule has 0 spiro atoms. The van der Waals surface area contributed by atoms with E-state index in [9.17, 15) is 10.1 Å². The molecule has 0 radical (unpaired) electrons. The summed E-state index contributed by atoms with van der Waals surface area (Å²) in [6.45, 7) is 8.67. The Bertz CT molecular complexity index is 514. The molecule has 0 amide bonds. The van der Waals surface area contributed by atoms with Gasteiger partial charge in [-0.05, 0) is 43.6 Å². The molecule has 1 aromatic rings. The zero-order valence-corrected chi connectivity index (χ0v) is 13.4. The lowest BCUT2D eigenvalue weighted by molar-refractivity contribution is -0.385. The molecule has 1 N–H and O–H groups in total. The molecule has 4 heteroatoms. The van der Waals surface area contributed by atoms with Crippen molar-refractivity contribution in [3.63, 3.8) is 0 Å². The lowest BCUT2D eigenvalue weighted by atomic mass is 9.74. The molecule has 3 unspecified atom stereocenters. The third kappa shape index (κ3) is 3.55. The maximum absolute atomic E-state index is 11.1. The lowest BCUT2D eigenvalue weighted by Crippen LogP contribution is -2.38. The van der Waals surface area contributed by atoms with E-state index >= 15 is 0 Å². The molecule has 3 atom stereocenters. The quantitative estimate of drug-likeness (QED) is 0.641. The Morgan fingerprint density at radius 1 is 1.33 bits per heavy atom. The summed E-state index contributed by atoms with van der Waals surface area (Å²) in [5.41, 5.74) is 1.85. The Hall–Kier alpha value is -1.58. The molecule has 4 nitrogen and oxygen atoms in total. The Kier molecular flexibility index (Phi) is 4.86. The number of nitrogens with one attached hydrogen (secondary N) is 1. The van der Waals surface area contributed by atoms with Crippen LogP contribution in [-0.2, 0) is 0 Å². The third-order valence-electron chi connectivity index (χ3n) is 4.87. The molecule has 0 saturated heterocycles. The molecule has 1 aliphatic carbocycles. The van der Waals surface area contributed by atoms with Gasteiger partial charge in [0, 0.05) is 23.4 Å². The second kappa shape index (κ2) is 6.46. The largest absolute Gasteiger partial charge is 0.382 e. The van der Waals surface area contributed by atoms with E-state index in [-0.39, 0.29) is 10.6 Å². The number of anilines is 1. The predicted octanol–water partition coefficient (Wildman–Crippen LogP) is 4.78. The highest BCUT2D eigenvalue weighted by Gasteiger charge is 2.31. The van der Waals surface area contributed by atoms with Crippen LogP contribution < -0.4 is 5.32 Å². The first-order chi connectivity index (χ1) is 9.90. The highest BCUT2D eigenvalue weighted by atomic mass is 16.6. The number of nitro groups is 1. The van der Waals surface area contributed by atoms with Gasteiger partial charge in [0.15, 0.2) is 0 Å². The Balaban J connectivity index is 2.23. The van der Waals surface area contributed by atoms with Crippen LogP contribution in [0.5, 0.6) is 0 Å². The van der Waals surface area contributed by atoms with Crippen molar-refractivity contribution in [3.05, 3.63) is 33.9 Å². The summed E-state index contributed by atoms with van der Waals surface area (Å²) in [7, 11) is 0. The van der Waals surface area contributed by atoms with Crippen LogP contribution in [0.4, 0.5) is 11.4 Å². The summed E-state index contributed by atoms with van der Waals surface area (Å²) >= 11 is 0. The number of nitrogens with zero attached hydrogens (tertiary/aromatic N) is 1. The van der Waals surface area contributed by atoms with Crippen LogP contribution in [0.2, 0.25) is 0 Å². The summed E-state index contributed by atoms with van der Waals surface area (Å²) in [5, 5.41) is 14.7. The normalized spacial score (nSPS) is 25.9. The predicted molar refractivity (Wildman–Crippen MR) is 86.6 cm³/mol. The lowest BCUT2D eigenvalue weighted by Gasteiger charge is -2.38. The minimum atomic E-state index is -0.302. The summed E-state index contributed by atoms with van der Waals surface area (Å²) in [6.07, 6.45) is 3.67. The standard InChI is InChI=1S/C17H26N2O2/c1-11(2)14-9-8-12(3)10-16(14)18-15-6-5-7-17(13(15)4)19(20)21/h5-7,11-12,14,16,18H,8-10H2,1-4H3. The first-order valence-corrected chi connectivity index (χ1v) is 7.90. The fourth-order valence-corrected chi connectivity index (χ4v) is 3.55. The van der Waals surface area contributed by atoms with Gasteiger partial charge in [-0.2, -0.15) is 0 Å². The van der Waals surface area contributed by atoms with Crippen molar-refractivity contribution < 1.29 is 4.92 Å². The number of rotatable bonds is 4. The van der Waals surface area contributed by atoms with E-state index in [4.69, 9.17) is 0 Å². The molecule has 21 heavy (non-hydrogen) atoms. The van der Waals surface area contributed by atoms with Crippen LogP contribution >= 0.6 is 0 Å². The van der Waals surface area contributed by atoms with Crippen molar-refractivity contribution >= 4 is 11.4 Å². The minimum Gasteiger partial charge on any atom is -0.382 e. The second-order valence-electron chi connectivity index (χ2n) is 6.78. The minimum absolute atomic E-state index is 0.199. The van der Waals surface area contributed by atoms with E-state index < -0.39 is 0 Å². The molecule has 0 aliphatic heterocycles. The topological polar surface area (TPSA) is 55.2 Å². The summed E-state index contributed by atoms with van der Waals surface area (Å²) in [6, 6.07) is 5.71. The average Bonchev–Trinajstić information content (AvgIpc) is 2.40. The van der Waals surface area contributed by atoms with Gasteiger partial charge in [-0.1, -0.05) is 33.3 Å². The smallest absolute Gasteiger partial charge is 0.274 e. The number of benzene rings is 1. The Morgan fingerprint density at radius 3 is 2.67 bits per heavy atom. The van der Waals surface area contributed by atoms with Gasteiger partial charge in [0.05, 0.1) is 4.92 Å². The van der Waals surface area contributed by atoms with Gasteiger partial charge in [-0.3, -0.25) is 10.1 Å². The fourth-order valence-electron chi connectivity index (χ4n) is 3.55.